The summed E-state index contributed by atoms with van der Waals surface area (Å²) in [6.45, 7) is 2.43. The molecule has 0 aliphatic rings. The molecule has 0 saturated heterocycles. The van der Waals surface area contributed by atoms with Crippen molar-refractivity contribution < 1.29 is 9.53 Å². The quantitative estimate of drug-likeness (QED) is 0.365. The first kappa shape index (κ1) is 17.2. The molecule has 6 nitrogen and oxygen atoms in total. The van der Waals surface area contributed by atoms with E-state index in [4.69, 9.17) is 4.74 Å². The summed E-state index contributed by atoms with van der Waals surface area (Å²) in [5.74, 6) is -0.657. The van der Waals surface area contributed by atoms with Crippen LogP contribution in [-0.4, -0.2) is 17.6 Å². The van der Waals surface area contributed by atoms with Gasteiger partial charge in [-0.25, -0.2) is 10.2 Å². The van der Waals surface area contributed by atoms with E-state index in [0.29, 0.717) is 12.2 Å². The number of aromatic nitrogens is 1. The smallest absolute Gasteiger partial charge is 0.350 e. The number of nitrogens with zero attached hydrogens (tertiary/aromatic N) is 3. The molecule has 122 valence electrons. The second-order valence-electron chi connectivity index (χ2n) is 4.78. The minimum Gasteiger partial charge on any atom is -0.462 e. The van der Waals surface area contributed by atoms with Crippen LogP contribution in [-0.2, 0) is 16.1 Å². The van der Waals surface area contributed by atoms with Gasteiger partial charge in [-0.05, 0) is 24.6 Å². The number of hydrogen-bond donors (Lipinski definition) is 1. The molecule has 1 aromatic carbocycles. The molecule has 0 unspecified atom stereocenters. The zero-order chi connectivity index (χ0) is 17.2. The van der Waals surface area contributed by atoms with Gasteiger partial charge in [0, 0.05) is 18.9 Å². The van der Waals surface area contributed by atoms with Gasteiger partial charge in [-0.2, -0.15) is 5.26 Å². The van der Waals surface area contributed by atoms with Gasteiger partial charge in [-0.3, -0.25) is 9.99 Å². The first-order valence-corrected chi connectivity index (χ1v) is 7.50. The first-order valence-electron chi connectivity index (χ1n) is 7.50. The van der Waals surface area contributed by atoms with E-state index in [1.807, 2.05) is 42.5 Å². The van der Waals surface area contributed by atoms with Crippen LogP contribution in [0.4, 0.5) is 5.69 Å². The first-order chi connectivity index (χ1) is 11.7. The summed E-state index contributed by atoms with van der Waals surface area (Å²) in [5.41, 5.74) is 4.84. The van der Waals surface area contributed by atoms with E-state index < -0.39 is 5.97 Å². The van der Waals surface area contributed by atoms with Crippen LogP contribution in [0.3, 0.4) is 0 Å². The van der Waals surface area contributed by atoms with Crippen molar-refractivity contribution in [2.45, 2.75) is 13.5 Å². The topological polar surface area (TPSA) is 78.2 Å². The van der Waals surface area contributed by atoms with Gasteiger partial charge in [0.1, 0.15) is 6.07 Å². The van der Waals surface area contributed by atoms with Crippen molar-refractivity contribution in [3.8, 4) is 6.07 Å². The number of hydrazine groups is 1. The van der Waals surface area contributed by atoms with Crippen molar-refractivity contribution in [2.24, 2.45) is 0 Å². The maximum atomic E-state index is 11.8. The van der Waals surface area contributed by atoms with Gasteiger partial charge in [-0.15, -0.1) is 0 Å². The van der Waals surface area contributed by atoms with Gasteiger partial charge < -0.3 is 4.74 Å². The maximum Gasteiger partial charge on any atom is 0.350 e. The van der Waals surface area contributed by atoms with Crippen LogP contribution in [0, 0.1) is 11.3 Å². The lowest BCUT2D eigenvalue weighted by Gasteiger charge is -2.21. The zero-order valence-electron chi connectivity index (χ0n) is 13.3. The van der Waals surface area contributed by atoms with E-state index in [0.717, 1.165) is 5.56 Å². The highest BCUT2D eigenvalue weighted by Crippen LogP contribution is 2.13. The number of pyridine rings is 1. The van der Waals surface area contributed by atoms with Crippen LogP contribution in [0.15, 0.2) is 66.6 Å². The molecule has 24 heavy (non-hydrogen) atoms. The number of anilines is 1. The fourth-order valence-corrected chi connectivity index (χ4v) is 1.95. The summed E-state index contributed by atoms with van der Waals surface area (Å²) in [5, 5.41) is 10.8. The molecular formula is C18H18N4O2. The Morgan fingerprint density at radius 2 is 2.12 bits per heavy atom. The molecule has 1 aromatic heterocycles. The van der Waals surface area contributed by atoms with Crippen LogP contribution < -0.4 is 10.4 Å². The molecule has 2 rings (SSSR count). The largest absolute Gasteiger partial charge is 0.462 e. The highest BCUT2D eigenvalue weighted by Gasteiger charge is 2.13. The van der Waals surface area contributed by atoms with E-state index >= 15 is 0 Å². The predicted molar refractivity (Wildman–Crippen MR) is 90.3 cm³/mol. The van der Waals surface area contributed by atoms with Crippen LogP contribution in [0.5, 0.6) is 0 Å². The van der Waals surface area contributed by atoms with Gasteiger partial charge in [-0.1, -0.05) is 30.3 Å². The van der Waals surface area contributed by atoms with Crippen LogP contribution >= 0.6 is 0 Å². The molecule has 1 N–H and O–H groups in total. The van der Waals surface area contributed by atoms with Crippen molar-refractivity contribution in [1.29, 1.82) is 5.26 Å². The molecular weight excluding hydrogens is 304 g/mol. The van der Waals surface area contributed by atoms with Crippen LogP contribution in [0.1, 0.15) is 12.5 Å². The Hall–Kier alpha value is -3.17. The standard InChI is InChI=1S/C18H18N4O2/c1-2-24-18(23)16(11-19)14-22(17-9-6-10-20-13-17)21-12-15-7-4-3-5-8-15/h3-10,13-14,21H,2,12H2,1H3/b16-14-. The minimum absolute atomic E-state index is 0.0961. The van der Waals surface area contributed by atoms with Gasteiger partial charge in [0.05, 0.1) is 18.5 Å². The average Bonchev–Trinajstić information content (AvgIpc) is 2.63. The summed E-state index contributed by atoms with van der Waals surface area (Å²) >= 11 is 0. The molecule has 6 heteroatoms. The van der Waals surface area contributed by atoms with Gasteiger partial charge in [0.15, 0.2) is 5.57 Å². The number of carbonyl (C=O) groups is 1. The Morgan fingerprint density at radius 1 is 1.33 bits per heavy atom. The second kappa shape index (κ2) is 9.08. The monoisotopic (exact) mass is 322 g/mol. The molecule has 0 fully saturated rings. The molecule has 0 amide bonds. The highest BCUT2D eigenvalue weighted by atomic mass is 16.5. The summed E-state index contributed by atoms with van der Waals surface area (Å²) in [6.07, 6.45) is 4.70. The number of nitrogens with one attached hydrogen (secondary N) is 1. The summed E-state index contributed by atoms with van der Waals surface area (Å²) in [7, 11) is 0. The van der Waals surface area contributed by atoms with Gasteiger partial charge in [0.2, 0.25) is 0 Å². The van der Waals surface area contributed by atoms with E-state index in [1.54, 1.807) is 30.4 Å². The molecule has 0 aliphatic carbocycles. The van der Waals surface area contributed by atoms with E-state index in [-0.39, 0.29) is 12.2 Å². The van der Waals surface area contributed by atoms with E-state index in [1.165, 1.54) is 6.20 Å². The highest BCUT2D eigenvalue weighted by molar-refractivity contribution is 5.93. The van der Waals surface area contributed by atoms with Crippen molar-refractivity contribution in [1.82, 2.24) is 10.4 Å². The average molecular weight is 322 g/mol. The molecule has 0 atom stereocenters. The molecule has 2 aromatic rings. The normalized spacial score (nSPS) is 10.8. The molecule has 1 heterocycles. The Balaban J connectivity index is 2.23. The third kappa shape index (κ3) is 4.93. The minimum atomic E-state index is -0.657. The number of nitriles is 1. The number of esters is 1. The van der Waals surface area contributed by atoms with E-state index in [2.05, 4.69) is 10.4 Å². The molecule has 0 spiro atoms. The second-order valence-corrected chi connectivity index (χ2v) is 4.78. The third-order valence-corrected chi connectivity index (χ3v) is 3.09. The Morgan fingerprint density at radius 3 is 2.75 bits per heavy atom. The molecule has 0 aliphatic heterocycles. The Kier molecular flexibility index (Phi) is 6.50. The SMILES string of the molecule is CCOC(=O)/C(C#N)=C\N(NCc1ccccc1)c1cccnc1. The van der Waals surface area contributed by atoms with Gasteiger partial charge in [0.25, 0.3) is 0 Å². The predicted octanol–water partition coefficient (Wildman–Crippen LogP) is 2.56. The number of hydrogen-bond acceptors (Lipinski definition) is 6. The van der Waals surface area contributed by atoms with Crippen molar-refractivity contribution in [2.75, 3.05) is 11.6 Å². The van der Waals surface area contributed by atoms with Crippen molar-refractivity contribution in [3.05, 3.63) is 72.2 Å². The lowest BCUT2D eigenvalue weighted by molar-refractivity contribution is -0.138. The Labute approximate surface area is 141 Å². The van der Waals surface area contributed by atoms with Crippen molar-refractivity contribution in [3.63, 3.8) is 0 Å². The van der Waals surface area contributed by atoms with E-state index in [9.17, 15) is 10.1 Å². The lowest BCUT2D eigenvalue weighted by Crippen LogP contribution is -2.34. The van der Waals surface area contributed by atoms with Gasteiger partial charge >= 0.3 is 5.97 Å². The number of rotatable bonds is 7. The molecule has 0 radical (unpaired) electrons. The van der Waals surface area contributed by atoms with Crippen LogP contribution in [0.25, 0.3) is 0 Å². The number of benzene rings is 1. The lowest BCUT2D eigenvalue weighted by atomic mass is 10.2. The Bertz CT molecular complexity index is 724. The third-order valence-electron chi connectivity index (χ3n) is 3.09. The summed E-state index contributed by atoms with van der Waals surface area (Å²) in [6, 6.07) is 15.3. The summed E-state index contributed by atoms with van der Waals surface area (Å²) in [4.78, 5) is 15.9. The fourth-order valence-electron chi connectivity index (χ4n) is 1.95. The fraction of sp³-hybridized carbons (Fsp3) is 0.167. The zero-order valence-corrected chi connectivity index (χ0v) is 13.3. The van der Waals surface area contributed by atoms with Crippen molar-refractivity contribution >= 4 is 11.7 Å². The maximum absolute atomic E-state index is 11.8. The van der Waals surface area contributed by atoms with Crippen LogP contribution in [0.2, 0.25) is 0 Å². The number of carbonyl (C=O) groups excluding carboxylic acids is 1. The summed E-state index contributed by atoms with van der Waals surface area (Å²) < 4.78 is 4.89. The molecule has 0 bridgehead atoms. The molecule has 0 saturated carbocycles. The number of ether oxygens (including phenoxy) is 1.